The number of anilines is 1. The lowest BCUT2D eigenvalue weighted by molar-refractivity contribution is -0.385. The van der Waals surface area contributed by atoms with Crippen LogP contribution in [-0.4, -0.2) is 21.2 Å². The van der Waals surface area contributed by atoms with E-state index >= 15 is 0 Å². The molecule has 8 heteroatoms. The monoisotopic (exact) mass is 404 g/mol. The highest BCUT2D eigenvalue weighted by Crippen LogP contribution is 2.31. The van der Waals surface area contributed by atoms with Crippen molar-refractivity contribution >= 4 is 38.6 Å². The molecule has 0 atom stereocenters. The first-order valence-electron chi connectivity index (χ1n) is 8.79. The number of nitro benzene ring substituents is 1. The summed E-state index contributed by atoms with van der Waals surface area (Å²) in [4.78, 5) is 15.2. The van der Waals surface area contributed by atoms with Gasteiger partial charge in [0.2, 0.25) is 10.9 Å². The fraction of sp³-hybridized carbons (Fsp3) is 0.0476. The summed E-state index contributed by atoms with van der Waals surface area (Å²) >= 11 is 1.44. The second-order valence-corrected chi connectivity index (χ2v) is 7.36. The molecule has 4 rings (SSSR count). The average molecular weight is 404 g/mol. The molecule has 144 valence electrons. The number of hydrazone groups is 1. The van der Waals surface area contributed by atoms with Gasteiger partial charge in [-0.3, -0.25) is 15.5 Å². The quantitative estimate of drug-likeness (QED) is 0.269. The Morgan fingerprint density at radius 2 is 1.86 bits per heavy atom. The first-order valence-corrected chi connectivity index (χ1v) is 9.60. The SMILES string of the molecule is O=[N+]([O-])c1cc(Cc2ccccc2)cc(/C=N/Nc2nc3ccccc3s2)c1O. The highest BCUT2D eigenvalue weighted by molar-refractivity contribution is 7.22. The van der Waals surface area contributed by atoms with Crippen LogP contribution in [0.1, 0.15) is 16.7 Å². The van der Waals surface area contributed by atoms with Crippen LogP contribution >= 0.6 is 11.3 Å². The number of phenols is 1. The number of hydrogen-bond acceptors (Lipinski definition) is 7. The van der Waals surface area contributed by atoms with Gasteiger partial charge in [0, 0.05) is 11.6 Å². The molecule has 0 fully saturated rings. The average Bonchev–Trinajstić information content (AvgIpc) is 3.13. The number of fused-ring (bicyclic) bond motifs is 1. The van der Waals surface area contributed by atoms with E-state index in [-0.39, 0.29) is 11.3 Å². The second kappa shape index (κ2) is 8.07. The number of rotatable bonds is 6. The van der Waals surface area contributed by atoms with E-state index in [9.17, 15) is 15.2 Å². The maximum absolute atomic E-state index is 11.4. The van der Waals surface area contributed by atoms with Crippen LogP contribution in [0.5, 0.6) is 5.75 Å². The van der Waals surface area contributed by atoms with Crippen LogP contribution in [0.4, 0.5) is 10.8 Å². The maximum Gasteiger partial charge on any atom is 0.311 e. The summed E-state index contributed by atoms with van der Waals surface area (Å²) in [5.41, 5.74) is 5.33. The molecule has 2 N–H and O–H groups in total. The van der Waals surface area contributed by atoms with Gasteiger partial charge < -0.3 is 5.11 Å². The van der Waals surface area contributed by atoms with E-state index in [1.807, 2.05) is 54.6 Å². The van der Waals surface area contributed by atoms with Crippen molar-refractivity contribution in [2.75, 3.05) is 5.43 Å². The summed E-state index contributed by atoms with van der Waals surface area (Å²) < 4.78 is 1.02. The third-order valence-corrected chi connectivity index (χ3v) is 5.23. The van der Waals surface area contributed by atoms with Crippen molar-refractivity contribution < 1.29 is 10.0 Å². The number of nitrogens with one attached hydrogen (secondary N) is 1. The van der Waals surface area contributed by atoms with Crippen LogP contribution in [0.15, 0.2) is 71.8 Å². The van der Waals surface area contributed by atoms with E-state index in [1.54, 1.807) is 6.07 Å². The number of phenolic OH excluding ortho intramolecular Hbond substituents is 1. The van der Waals surface area contributed by atoms with Crippen molar-refractivity contribution in [3.05, 3.63) is 93.5 Å². The van der Waals surface area contributed by atoms with Crippen molar-refractivity contribution in [3.8, 4) is 5.75 Å². The molecule has 0 saturated heterocycles. The molecule has 0 amide bonds. The largest absolute Gasteiger partial charge is 0.502 e. The van der Waals surface area contributed by atoms with Gasteiger partial charge in [-0.05, 0) is 35.7 Å². The van der Waals surface area contributed by atoms with Gasteiger partial charge in [0.1, 0.15) is 0 Å². The fourth-order valence-electron chi connectivity index (χ4n) is 2.95. The van der Waals surface area contributed by atoms with E-state index < -0.39 is 10.7 Å². The second-order valence-electron chi connectivity index (χ2n) is 6.33. The molecule has 0 saturated carbocycles. The van der Waals surface area contributed by atoms with Crippen LogP contribution in [-0.2, 0) is 6.42 Å². The molecule has 0 aliphatic carbocycles. The Kier molecular flexibility index (Phi) is 5.17. The Morgan fingerprint density at radius 3 is 2.62 bits per heavy atom. The number of para-hydroxylation sites is 1. The Balaban J connectivity index is 1.60. The summed E-state index contributed by atoms with van der Waals surface area (Å²) in [6.07, 6.45) is 1.87. The van der Waals surface area contributed by atoms with Crippen LogP contribution in [0.25, 0.3) is 10.2 Å². The number of thiazole rings is 1. The first kappa shape index (κ1) is 18.6. The van der Waals surface area contributed by atoms with Crippen LogP contribution in [0, 0.1) is 10.1 Å². The minimum atomic E-state index is -0.595. The number of benzene rings is 3. The molecule has 0 aliphatic heterocycles. The fourth-order valence-corrected chi connectivity index (χ4v) is 3.77. The van der Waals surface area contributed by atoms with Gasteiger partial charge in [-0.1, -0.05) is 53.8 Å². The first-order chi connectivity index (χ1) is 14.1. The minimum absolute atomic E-state index is 0.263. The molecule has 1 aromatic heterocycles. The van der Waals surface area contributed by atoms with Crippen LogP contribution in [0.3, 0.4) is 0 Å². The molecule has 1 heterocycles. The van der Waals surface area contributed by atoms with Crippen LogP contribution in [0.2, 0.25) is 0 Å². The zero-order valence-electron chi connectivity index (χ0n) is 15.1. The zero-order chi connectivity index (χ0) is 20.2. The third kappa shape index (κ3) is 4.22. The molecule has 7 nitrogen and oxygen atoms in total. The van der Waals surface area contributed by atoms with Crippen molar-refractivity contribution in [1.82, 2.24) is 4.98 Å². The normalized spacial score (nSPS) is 11.2. The topological polar surface area (TPSA) is 101 Å². The number of hydrogen-bond donors (Lipinski definition) is 2. The van der Waals surface area contributed by atoms with Gasteiger partial charge in [0.15, 0.2) is 0 Å². The van der Waals surface area contributed by atoms with E-state index in [4.69, 9.17) is 0 Å². The summed E-state index contributed by atoms with van der Waals surface area (Å²) in [7, 11) is 0. The molecule has 0 unspecified atom stereocenters. The number of nitrogens with zero attached hydrogens (tertiary/aromatic N) is 3. The smallest absolute Gasteiger partial charge is 0.311 e. The molecule has 0 radical (unpaired) electrons. The summed E-state index contributed by atoms with van der Waals surface area (Å²) in [6, 6.07) is 20.4. The van der Waals surface area contributed by atoms with Crippen LogP contribution < -0.4 is 5.43 Å². The molecular formula is C21H16N4O3S. The molecule has 0 spiro atoms. The van der Waals surface area contributed by atoms with Gasteiger partial charge in [-0.2, -0.15) is 5.10 Å². The number of nitro groups is 1. The lowest BCUT2D eigenvalue weighted by Gasteiger charge is -2.06. The number of aromatic nitrogens is 1. The standard InChI is InChI=1S/C21H16N4O3S/c26-20-16(13-22-24-21-23-17-8-4-5-9-19(17)29-21)11-15(12-18(20)25(27)28)10-14-6-2-1-3-7-14/h1-9,11-13,26H,10H2,(H,23,24)/b22-13+. The van der Waals surface area contributed by atoms with E-state index in [0.717, 1.165) is 15.8 Å². The molecule has 29 heavy (non-hydrogen) atoms. The summed E-state index contributed by atoms with van der Waals surface area (Å²) in [5.74, 6) is -0.415. The summed E-state index contributed by atoms with van der Waals surface area (Å²) in [5, 5.41) is 26.3. The van der Waals surface area contributed by atoms with Crippen molar-refractivity contribution in [3.63, 3.8) is 0 Å². The predicted octanol–water partition coefficient (Wildman–Crippen LogP) is 4.95. The van der Waals surface area contributed by atoms with E-state index in [0.29, 0.717) is 17.1 Å². The van der Waals surface area contributed by atoms with E-state index in [1.165, 1.54) is 23.6 Å². The van der Waals surface area contributed by atoms with Crippen molar-refractivity contribution in [2.45, 2.75) is 6.42 Å². The Labute approximate surface area is 170 Å². The molecular weight excluding hydrogens is 388 g/mol. The molecule has 4 aromatic rings. The van der Waals surface area contributed by atoms with Crippen molar-refractivity contribution in [1.29, 1.82) is 0 Å². The van der Waals surface area contributed by atoms with Gasteiger partial charge in [0.25, 0.3) is 0 Å². The van der Waals surface area contributed by atoms with Gasteiger partial charge in [0.05, 0.1) is 21.4 Å². The highest BCUT2D eigenvalue weighted by Gasteiger charge is 2.18. The van der Waals surface area contributed by atoms with Gasteiger partial charge in [-0.15, -0.1) is 0 Å². The van der Waals surface area contributed by atoms with Crippen molar-refractivity contribution in [2.24, 2.45) is 5.10 Å². The van der Waals surface area contributed by atoms with Gasteiger partial charge >= 0.3 is 5.69 Å². The summed E-state index contributed by atoms with van der Waals surface area (Å²) in [6.45, 7) is 0. The number of aromatic hydroxyl groups is 1. The maximum atomic E-state index is 11.4. The predicted molar refractivity (Wildman–Crippen MR) is 115 cm³/mol. The molecule has 0 aliphatic rings. The Hall–Kier alpha value is -3.78. The van der Waals surface area contributed by atoms with E-state index in [2.05, 4.69) is 15.5 Å². The zero-order valence-corrected chi connectivity index (χ0v) is 16.0. The Bertz CT molecular complexity index is 1170. The Morgan fingerprint density at radius 1 is 1.10 bits per heavy atom. The third-order valence-electron chi connectivity index (χ3n) is 4.28. The minimum Gasteiger partial charge on any atom is -0.502 e. The molecule has 0 bridgehead atoms. The molecule has 3 aromatic carbocycles. The lowest BCUT2D eigenvalue weighted by Crippen LogP contribution is -1.98. The lowest BCUT2D eigenvalue weighted by atomic mass is 10.0. The highest BCUT2D eigenvalue weighted by atomic mass is 32.1. The van der Waals surface area contributed by atoms with Gasteiger partial charge in [-0.25, -0.2) is 4.98 Å².